The molecule has 0 bridgehead atoms. The van der Waals surface area contributed by atoms with E-state index in [0.29, 0.717) is 28.6 Å². The molecule has 5 heteroatoms. The molecule has 3 heterocycles. The second kappa shape index (κ2) is 13.8. The highest BCUT2D eigenvalue weighted by atomic mass is 16.5. The van der Waals surface area contributed by atoms with Gasteiger partial charge < -0.3 is 4.74 Å². The third-order valence-corrected chi connectivity index (χ3v) is 8.80. The lowest BCUT2D eigenvalue weighted by atomic mass is 9.96. The molecular formula is C48H38N4O. The van der Waals surface area contributed by atoms with Crippen molar-refractivity contribution < 1.29 is 25.8 Å². The number of benzene rings is 6. The van der Waals surface area contributed by atoms with Crippen LogP contribution in [0.4, 0.5) is 0 Å². The minimum atomic E-state index is -1.58. The summed E-state index contributed by atoms with van der Waals surface area (Å²) in [5, 5.41) is 1.95. The van der Waals surface area contributed by atoms with E-state index in [1.54, 1.807) is 71.7 Å². The van der Waals surface area contributed by atoms with Crippen LogP contribution in [0.25, 0.3) is 61.3 Å². The lowest BCUT2D eigenvalue weighted by molar-refractivity contribution is -0.598. The Bertz CT molecular complexity index is 3250. The molecule has 0 aliphatic carbocycles. The Labute approximate surface area is 326 Å². The van der Waals surface area contributed by atoms with Gasteiger partial charge in [0.15, 0.2) is 0 Å². The number of hydrogen-bond acceptors (Lipinski definition) is 2. The molecule has 6 aromatic carbocycles. The highest BCUT2D eigenvalue weighted by Gasteiger charge is 2.17. The zero-order chi connectivity index (χ0) is 46.2. The minimum absolute atomic E-state index is 0.139. The monoisotopic (exact) mass is 698 g/mol. The van der Waals surface area contributed by atoms with E-state index in [1.165, 1.54) is 4.57 Å². The Morgan fingerprint density at radius 2 is 1.43 bits per heavy atom. The van der Waals surface area contributed by atoms with Gasteiger partial charge in [0.2, 0.25) is 0 Å². The average Bonchev–Trinajstić information content (AvgIpc) is 3.92. The van der Waals surface area contributed by atoms with Gasteiger partial charge in [-0.15, -0.1) is 0 Å². The Hall–Kier alpha value is -6.72. The summed E-state index contributed by atoms with van der Waals surface area (Å²) >= 11 is 0. The van der Waals surface area contributed by atoms with E-state index in [-0.39, 0.29) is 33.9 Å². The van der Waals surface area contributed by atoms with Crippen molar-refractivity contribution >= 4 is 21.8 Å². The van der Waals surface area contributed by atoms with E-state index < -0.39 is 66.8 Å². The standard InChI is InChI=1S/C48H38N4O/c1-34(2)29-35-25-26-49-47(30-35)52-45-22-10-9-19-43(45)44-24-23-40(32-46(44)52)53-39-18-11-17-38(31-39)50-27-28-51(33-50)48-41(36-13-5-3-6-14-36)20-12-21-42(48)37-15-7-4-8-16-37/h3-28,30-32,34H,29H2,1-2H3/i3D,4D,5D,6D,7D,8D,13D,14D,15D,16D,29D2. The fraction of sp³-hybridized carbons (Fsp3) is 0.0833. The fourth-order valence-electron chi connectivity index (χ4n) is 6.62. The Kier molecular flexibility index (Phi) is 5.61. The van der Waals surface area contributed by atoms with Crippen LogP contribution < -0.4 is 9.30 Å². The third-order valence-electron chi connectivity index (χ3n) is 8.80. The Morgan fingerprint density at radius 3 is 2.19 bits per heavy atom. The maximum atomic E-state index is 8.83. The summed E-state index contributed by atoms with van der Waals surface area (Å²) in [6, 6.07) is 23.8. The first-order valence-electron chi connectivity index (χ1n) is 23.1. The number of fused-ring (bicyclic) bond motifs is 3. The number of pyridine rings is 1. The van der Waals surface area contributed by atoms with Gasteiger partial charge in [0.1, 0.15) is 17.3 Å². The van der Waals surface area contributed by atoms with Crippen LogP contribution >= 0.6 is 0 Å². The molecule has 0 saturated carbocycles. The van der Waals surface area contributed by atoms with Gasteiger partial charge in [0, 0.05) is 38.2 Å². The number of hydrogen-bond donors (Lipinski definition) is 0. The van der Waals surface area contributed by atoms with E-state index in [4.69, 9.17) is 21.2 Å². The van der Waals surface area contributed by atoms with Crippen LogP contribution in [0.3, 0.4) is 0 Å². The molecule has 3 aromatic heterocycles. The van der Waals surface area contributed by atoms with Crippen molar-refractivity contribution in [1.29, 1.82) is 0 Å². The molecule has 0 amide bonds. The molecule has 0 atom stereocenters. The van der Waals surface area contributed by atoms with Gasteiger partial charge in [-0.25, -0.2) is 4.98 Å². The smallest absolute Gasteiger partial charge is 0.268 e. The number of rotatable bonds is 9. The molecule has 0 aliphatic heterocycles. The van der Waals surface area contributed by atoms with Crippen molar-refractivity contribution in [2.24, 2.45) is 5.92 Å². The molecular weight excluding hydrogens is 649 g/mol. The summed E-state index contributed by atoms with van der Waals surface area (Å²) in [6.45, 7) is 3.70. The predicted octanol–water partition coefficient (Wildman–Crippen LogP) is 11.4. The maximum Gasteiger partial charge on any atom is 0.268 e. The first-order valence-corrected chi connectivity index (χ1v) is 17.1. The van der Waals surface area contributed by atoms with Crippen molar-refractivity contribution in [3.63, 3.8) is 0 Å². The highest BCUT2D eigenvalue weighted by molar-refractivity contribution is 6.09. The first kappa shape index (κ1) is 21.6. The van der Waals surface area contributed by atoms with Crippen LogP contribution in [-0.2, 0) is 6.37 Å². The maximum absolute atomic E-state index is 8.83. The Balaban J connectivity index is 1.14. The van der Waals surface area contributed by atoms with Crippen molar-refractivity contribution in [1.82, 2.24) is 14.1 Å². The molecule has 0 saturated heterocycles. The van der Waals surface area contributed by atoms with Crippen LogP contribution in [0.5, 0.6) is 11.5 Å². The second-order valence-corrected chi connectivity index (χ2v) is 12.7. The minimum Gasteiger partial charge on any atom is -0.458 e. The number of nitrogens with zero attached hydrogens (tertiary/aromatic N) is 4. The van der Waals surface area contributed by atoms with Crippen LogP contribution in [0, 0.1) is 12.2 Å². The molecule has 9 aromatic rings. The highest BCUT2D eigenvalue weighted by Crippen LogP contribution is 2.36. The second-order valence-electron chi connectivity index (χ2n) is 12.7. The normalized spacial score (nSPS) is 14.9. The van der Waals surface area contributed by atoms with E-state index in [0.717, 1.165) is 21.8 Å². The van der Waals surface area contributed by atoms with E-state index in [1.807, 2.05) is 66.9 Å². The molecule has 5 nitrogen and oxygen atoms in total. The molecule has 0 radical (unpaired) electrons. The van der Waals surface area contributed by atoms with Crippen LogP contribution in [0.2, 0.25) is 0 Å². The molecule has 9 rings (SSSR count). The lowest BCUT2D eigenvalue weighted by Crippen LogP contribution is -2.30. The van der Waals surface area contributed by atoms with Crippen LogP contribution in [0.15, 0.2) is 176 Å². The van der Waals surface area contributed by atoms with Crippen molar-refractivity contribution in [2.75, 3.05) is 0 Å². The van der Waals surface area contributed by atoms with Gasteiger partial charge in [-0.2, -0.15) is 0 Å². The quantitative estimate of drug-likeness (QED) is 0.111. The van der Waals surface area contributed by atoms with Crippen LogP contribution in [0.1, 0.15) is 35.9 Å². The van der Waals surface area contributed by atoms with Crippen molar-refractivity contribution in [3.8, 4) is 50.9 Å². The largest absolute Gasteiger partial charge is 0.458 e. The molecule has 0 N–H and O–H groups in total. The summed E-state index contributed by atoms with van der Waals surface area (Å²) in [6.07, 6.45) is 6.58. The van der Waals surface area contributed by atoms with E-state index in [9.17, 15) is 0 Å². The molecule has 0 aliphatic rings. The molecule has 0 spiro atoms. The summed E-state index contributed by atoms with van der Waals surface area (Å²) in [7, 11) is 0. The van der Waals surface area contributed by atoms with Crippen LogP contribution in [-0.4, -0.2) is 14.1 Å². The van der Waals surface area contributed by atoms with Gasteiger partial charge in [-0.05, 0) is 88.6 Å². The third kappa shape index (κ3) is 6.27. The van der Waals surface area contributed by atoms with Gasteiger partial charge in [0.05, 0.1) is 36.1 Å². The number of para-hydroxylation sites is 2. The van der Waals surface area contributed by atoms with Crippen molar-refractivity contribution in [2.45, 2.75) is 20.2 Å². The Morgan fingerprint density at radius 1 is 0.736 bits per heavy atom. The molecule has 0 fully saturated rings. The predicted molar refractivity (Wildman–Crippen MR) is 214 cm³/mol. The molecule has 53 heavy (non-hydrogen) atoms. The summed E-state index contributed by atoms with van der Waals surface area (Å²) in [5.41, 5.74) is 3.02. The summed E-state index contributed by atoms with van der Waals surface area (Å²) in [4.78, 5) is 4.68. The lowest BCUT2D eigenvalue weighted by Gasteiger charge is -2.16. The average molecular weight is 699 g/mol. The van der Waals surface area contributed by atoms with Crippen molar-refractivity contribution in [3.05, 3.63) is 188 Å². The molecule has 0 unspecified atom stereocenters. The zero-order valence-corrected chi connectivity index (χ0v) is 28.7. The van der Waals surface area contributed by atoms with Gasteiger partial charge in [-0.3, -0.25) is 13.7 Å². The van der Waals surface area contributed by atoms with Gasteiger partial charge >= 0.3 is 0 Å². The van der Waals surface area contributed by atoms with Gasteiger partial charge in [0.25, 0.3) is 6.33 Å². The number of aromatic nitrogens is 4. The number of imidazole rings is 1. The van der Waals surface area contributed by atoms with E-state index >= 15 is 0 Å². The molecule has 256 valence electrons. The zero-order valence-electron chi connectivity index (χ0n) is 40.7. The number of ether oxygens (including phenoxy) is 1. The van der Waals surface area contributed by atoms with E-state index in [2.05, 4.69) is 11.3 Å². The summed E-state index contributed by atoms with van der Waals surface area (Å²) < 4.78 is 115. The first-order chi connectivity index (χ1) is 31.0. The SMILES string of the molecule is [2H]c1c([2H])c([2H])c(-c2cccc(-c3c([2H])c([2H])c([2H])c([2H])c3[2H])c2-[n+]2[c-]n(-c3cccc(Oc4ccc5c6ccccc6n(-c6cc(C([2H])([2H])C(C)C)ccn6)c5c4)c3)cc2)c([2H])c1[2H]. The van der Waals surface area contributed by atoms with Gasteiger partial charge in [-0.1, -0.05) is 117 Å². The fourth-order valence-corrected chi connectivity index (χ4v) is 6.62. The summed E-state index contributed by atoms with van der Waals surface area (Å²) in [5.74, 6) is 1.30. The topological polar surface area (TPSA) is 35.9 Å².